The van der Waals surface area contributed by atoms with Crippen LogP contribution in [0, 0.1) is 11.8 Å². The van der Waals surface area contributed by atoms with Gasteiger partial charge in [-0.3, -0.25) is 4.79 Å². The van der Waals surface area contributed by atoms with Gasteiger partial charge in [0.15, 0.2) is 0 Å². The van der Waals surface area contributed by atoms with Gasteiger partial charge in [0.2, 0.25) is 5.91 Å². The molecule has 20 heavy (non-hydrogen) atoms. The zero-order valence-corrected chi connectivity index (χ0v) is 12.6. The number of amides is 1. The van der Waals surface area contributed by atoms with Crippen molar-refractivity contribution in [3.8, 4) is 0 Å². The Bertz CT molecular complexity index is 456. The number of rotatable bonds is 6. The lowest BCUT2D eigenvalue weighted by Gasteiger charge is -2.19. The molecule has 2 atom stereocenters. The standard InChI is InChI=1S/C17H26N2O/c1-12(2)9-13(11-18)10-17(20)19-16-8-7-14-5-3-4-6-15(14)16/h3-6,12-13,16H,7-11,18H2,1-2H3,(H,19,20)/t13-,16?/m0/s1. The van der Waals surface area contributed by atoms with Crippen LogP contribution in [0.15, 0.2) is 24.3 Å². The van der Waals surface area contributed by atoms with Crippen LogP contribution in [0.1, 0.15) is 50.3 Å². The second-order valence-corrected chi connectivity index (χ2v) is 6.29. The van der Waals surface area contributed by atoms with Gasteiger partial charge in [-0.05, 0) is 48.8 Å². The van der Waals surface area contributed by atoms with Gasteiger partial charge in [0.25, 0.3) is 0 Å². The molecule has 2 rings (SSSR count). The molecule has 0 heterocycles. The van der Waals surface area contributed by atoms with Crippen molar-refractivity contribution in [1.82, 2.24) is 5.32 Å². The van der Waals surface area contributed by atoms with Gasteiger partial charge in [-0.15, -0.1) is 0 Å². The molecule has 110 valence electrons. The van der Waals surface area contributed by atoms with Crippen molar-refractivity contribution in [1.29, 1.82) is 0 Å². The summed E-state index contributed by atoms with van der Waals surface area (Å²) in [6.07, 6.45) is 3.65. The maximum absolute atomic E-state index is 12.2. The zero-order chi connectivity index (χ0) is 14.5. The summed E-state index contributed by atoms with van der Waals surface area (Å²) in [6, 6.07) is 8.59. The first-order chi connectivity index (χ1) is 9.60. The van der Waals surface area contributed by atoms with Crippen LogP contribution in [0.25, 0.3) is 0 Å². The number of nitrogens with two attached hydrogens (primary N) is 1. The number of nitrogens with one attached hydrogen (secondary N) is 1. The largest absolute Gasteiger partial charge is 0.349 e. The maximum Gasteiger partial charge on any atom is 0.220 e. The highest BCUT2D eigenvalue weighted by atomic mass is 16.1. The summed E-state index contributed by atoms with van der Waals surface area (Å²) < 4.78 is 0. The SMILES string of the molecule is CC(C)C[C@H](CN)CC(=O)NC1CCc2ccccc21. The van der Waals surface area contributed by atoms with Crippen molar-refractivity contribution < 1.29 is 4.79 Å². The predicted molar refractivity (Wildman–Crippen MR) is 82.3 cm³/mol. The summed E-state index contributed by atoms with van der Waals surface area (Å²) in [6.45, 7) is 4.94. The van der Waals surface area contributed by atoms with Gasteiger partial charge in [0.1, 0.15) is 0 Å². The van der Waals surface area contributed by atoms with E-state index < -0.39 is 0 Å². The van der Waals surface area contributed by atoms with E-state index in [1.807, 2.05) is 6.07 Å². The molecule has 0 spiro atoms. The van der Waals surface area contributed by atoms with E-state index in [4.69, 9.17) is 5.73 Å². The van der Waals surface area contributed by atoms with Crippen LogP contribution in [-0.4, -0.2) is 12.5 Å². The zero-order valence-electron chi connectivity index (χ0n) is 12.6. The molecule has 0 radical (unpaired) electrons. The van der Waals surface area contributed by atoms with E-state index in [-0.39, 0.29) is 11.9 Å². The Hall–Kier alpha value is -1.35. The maximum atomic E-state index is 12.2. The van der Waals surface area contributed by atoms with Crippen LogP contribution >= 0.6 is 0 Å². The number of aryl methyl sites for hydroxylation is 1. The summed E-state index contributed by atoms with van der Waals surface area (Å²) in [4.78, 5) is 12.2. The van der Waals surface area contributed by atoms with Gasteiger partial charge in [0.05, 0.1) is 6.04 Å². The second-order valence-electron chi connectivity index (χ2n) is 6.29. The van der Waals surface area contributed by atoms with Gasteiger partial charge in [-0.2, -0.15) is 0 Å². The minimum absolute atomic E-state index is 0.141. The van der Waals surface area contributed by atoms with Crippen molar-refractivity contribution in [2.75, 3.05) is 6.54 Å². The molecule has 1 unspecified atom stereocenters. The Morgan fingerprint density at radius 3 is 2.85 bits per heavy atom. The van der Waals surface area contributed by atoms with Crippen molar-refractivity contribution >= 4 is 5.91 Å². The van der Waals surface area contributed by atoms with E-state index in [1.165, 1.54) is 11.1 Å². The molecule has 0 bridgehead atoms. The minimum Gasteiger partial charge on any atom is -0.349 e. The number of benzene rings is 1. The number of hydrogen-bond acceptors (Lipinski definition) is 2. The third-order valence-electron chi connectivity index (χ3n) is 4.08. The molecule has 0 aliphatic heterocycles. The Balaban J connectivity index is 1.89. The molecule has 3 heteroatoms. The normalized spacial score (nSPS) is 18.9. The molecule has 0 fully saturated rings. The van der Waals surface area contributed by atoms with E-state index in [1.54, 1.807) is 0 Å². The third-order valence-corrected chi connectivity index (χ3v) is 4.08. The lowest BCUT2D eigenvalue weighted by atomic mass is 9.94. The van der Waals surface area contributed by atoms with E-state index in [2.05, 4.69) is 37.4 Å². The van der Waals surface area contributed by atoms with Gasteiger partial charge in [-0.25, -0.2) is 0 Å². The summed E-state index contributed by atoms with van der Waals surface area (Å²) in [5, 5.41) is 3.18. The molecule has 3 N–H and O–H groups in total. The fourth-order valence-corrected chi connectivity index (χ4v) is 3.15. The monoisotopic (exact) mass is 274 g/mol. The van der Waals surface area contributed by atoms with Crippen molar-refractivity contribution in [2.45, 2.75) is 45.6 Å². The van der Waals surface area contributed by atoms with Gasteiger partial charge in [0, 0.05) is 6.42 Å². The fourth-order valence-electron chi connectivity index (χ4n) is 3.15. The van der Waals surface area contributed by atoms with Crippen molar-refractivity contribution in [3.63, 3.8) is 0 Å². The van der Waals surface area contributed by atoms with E-state index in [0.717, 1.165) is 19.3 Å². The molecule has 3 nitrogen and oxygen atoms in total. The molecule has 0 saturated carbocycles. The summed E-state index contributed by atoms with van der Waals surface area (Å²) >= 11 is 0. The van der Waals surface area contributed by atoms with E-state index in [0.29, 0.717) is 24.8 Å². The summed E-state index contributed by atoms with van der Waals surface area (Å²) in [5.41, 5.74) is 8.43. The number of fused-ring (bicyclic) bond motifs is 1. The van der Waals surface area contributed by atoms with Crippen LogP contribution < -0.4 is 11.1 Å². The molecular formula is C17H26N2O. The average molecular weight is 274 g/mol. The molecule has 1 aliphatic carbocycles. The fraction of sp³-hybridized carbons (Fsp3) is 0.588. The smallest absolute Gasteiger partial charge is 0.220 e. The molecule has 1 aliphatic rings. The minimum atomic E-state index is 0.141. The van der Waals surface area contributed by atoms with Crippen molar-refractivity contribution in [3.05, 3.63) is 35.4 Å². The quantitative estimate of drug-likeness (QED) is 0.838. The summed E-state index contributed by atoms with van der Waals surface area (Å²) in [7, 11) is 0. The van der Waals surface area contributed by atoms with Crippen LogP contribution in [0.2, 0.25) is 0 Å². The van der Waals surface area contributed by atoms with Gasteiger partial charge < -0.3 is 11.1 Å². The molecular weight excluding hydrogens is 248 g/mol. The van der Waals surface area contributed by atoms with Gasteiger partial charge in [-0.1, -0.05) is 38.1 Å². The average Bonchev–Trinajstić information content (AvgIpc) is 2.81. The highest BCUT2D eigenvalue weighted by Crippen LogP contribution is 2.30. The highest BCUT2D eigenvalue weighted by Gasteiger charge is 2.24. The first kappa shape index (κ1) is 15.0. The number of hydrogen-bond donors (Lipinski definition) is 2. The van der Waals surface area contributed by atoms with Crippen LogP contribution in [0.4, 0.5) is 0 Å². The lowest BCUT2D eigenvalue weighted by Crippen LogP contribution is -2.31. The topological polar surface area (TPSA) is 55.1 Å². The summed E-state index contributed by atoms with van der Waals surface area (Å²) in [5.74, 6) is 1.03. The van der Waals surface area contributed by atoms with Gasteiger partial charge >= 0.3 is 0 Å². The molecule has 1 aromatic carbocycles. The molecule has 0 aromatic heterocycles. The molecule has 1 amide bonds. The Labute approximate surface area is 121 Å². The van der Waals surface area contributed by atoms with Crippen LogP contribution in [0.5, 0.6) is 0 Å². The molecule has 1 aromatic rings. The predicted octanol–water partition coefficient (Wildman–Crippen LogP) is 2.80. The number of carbonyl (C=O) groups is 1. The molecule has 0 saturated heterocycles. The Kier molecular flexibility index (Phi) is 5.18. The van der Waals surface area contributed by atoms with Crippen LogP contribution in [-0.2, 0) is 11.2 Å². The van der Waals surface area contributed by atoms with E-state index >= 15 is 0 Å². The van der Waals surface area contributed by atoms with Crippen LogP contribution in [0.3, 0.4) is 0 Å². The Morgan fingerprint density at radius 1 is 1.40 bits per heavy atom. The van der Waals surface area contributed by atoms with E-state index in [9.17, 15) is 4.79 Å². The lowest BCUT2D eigenvalue weighted by molar-refractivity contribution is -0.122. The number of carbonyl (C=O) groups excluding carboxylic acids is 1. The second kappa shape index (κ2) is 6.89. The van der Waals surface area contributed by atoms with Crippen molar-refractivity contribution in [2.24, 2.45) is 17.6 Å². The third kappa shape index (κ3) is 3.83. The first-order valence-electron chi connectivity index (χ1n) is 7.67. The first-order valence-corrected chi connectivity index (χ1v) is 7.67. The highest BCUT2D eigenvalue weighted by molar-refractivity contribution is 5.77. The Morgan fingerprint density at radius 2 is 2.15 bits per heavy atom.